The van der Waals surface area contributed by atoms with E-state index in [1.54, 1.807) is 7.05 Å². The van der Waals surface area contributed by atoms with Crippen molar-refractivity contribution >= 4 is 11.8 Å². The maximum Gasteiger partial charge on any atom is 0.239 e. The summed E-state index contributed by atoms with van der Waals surface area (Å²) in [5.41, 5.74) is 1.58. The van der Waals surface area contributed by atoms with E-state index < -0.39 is 0 Å². The molecule has 0 aromatic heterocycles. The van der Waals surface area contributed by atoms with Crippen LogP contribution in [-0.4, -0.2) is 36.9 Å². The van der Waals surface area contributed by atoms with Gasteiger partial charge in [-0.15, -0.1) is 0 Å². The lowest BCUT2D eigenvalue weighted by Gasteiger charge is -2.41. The smallest absolute Gasteiger partial charge is 0.239 e. The zero-order chi connectivity index (χ0) is 23.8. The summed E-state index contributed by atoms with van der Waals surface area (Å²) in [6.45, 7) is 7.69. The minimum Gasteiger partial charge on any atom is -0.358 e. The molecule has 184 valence electrons. The second kappa shape index (κ2) is 12.0. The quantitative estimate of drug-likeness (QED) is 0.553. The zero-order valence-corrected chi connectivity index (χ0v) is 21.4. The first-order chi connectivity index (χ1) is 15.9. The molecule has 1 saturated carbocycles. The van der Waals surface area contributed by atoms with E-state index in [9.17, 15) is 9.59 Å². The summed E-state index contributed by atoms with van der Waals surface area (Å²) in [6, 6.07) is 11.1. The molecule has 0 spiro atoms. The van der Waals surface area contributed by atoms with Crippen LogP contribution in [0.15, 0.2) is 30.3 Å². The first-order valence-electron chi connectivity index (χ1n) is 13.5. The largest absolute Gasteiger partial charge is 0.358 e. The molecule has 1 aliphatic carbocycles. The Balaban J connectivity index is 1.91. The molecule has 3 rings (SSSR count). The summed E-state index contributed by atoms with van der Waals surface area (Å²) >= 11 is 0. The van der Waals surface area contributed by atoms with Crippen molar-refractivity contribution in [3.8, 4) is 0 Å². The van der Waals surface area contributed by atoms with Crippen LogP contribution in [0.3, 0.4) is 0 Å². The second-order valence-electron chi connectivity index (χ2n) is 10.8. The number of benzene rings is 1. The highest BCUT2D eigenvalue weighted by Crippen LogP contribution is 2.45. The van der Waals surface area contributed by atoms with Gasteiger partial charge >= 0.3 is 0 Å². The highest BCUT2D eigenvalue weighted by Gasteiger charge is 2.39. The topological polar surface area (TPSA) is 49.4 Å². The van der Waals surface area contributed by atoms with Crippen molar-refractivity contribution in [2.45, 2.75) is 90.4 Å². The van der Waals surface area contributed by atoms with Crippen LogP contribution in [0.5, 0.6) is 0 Å². The lowest BCUT2D eigenvalue weighted by atomic mass is 9.64. The maximum absolute atomic E-state index is 13.6. The van der Waals surface area contributed by atoms with Crippen LogP contribution in [0.25, 0.3) is 0 Å². The standard InChI is InChI=1S/C29H46N2O2/c1-5-22(2)29(26-15-7-6-8-16-26)17-10-14-25(20-24-12-9-13-24)23(3)28(33)31(19-11-18-29)21-27(32)30-4/h6-8,15-16,22-25H,5,9-14,17-21H2,1-4H3,(H,30,32)/t22?,23?,25?,29-/m0/s1. The lowest BCUT2D eigenvalue weighted by molar-refractivity contribution is -0.140. The predicted molar refractivity (Wildman–Crippen MR) is 136 cm³/mol. The Labute approximate surface area is 201 Å². The van der Waals surface area contributed by atoms with Crippen LogP contribution >= 0.6 is 0 Å². The summed E-state index contributed by atoms with van der Waals surface area (Å²) in [6.07, 6.45) is 11.8. The molecule has 4 nitrogen and oxygen atoms in total. The van der Waals surface area contributed by atoms with Gasteiger partial charge in [0.25, 0.3) is 0 Å². The monoisotopic (exact) mass is 454 g/mol. The average Bonchev–Trinajstić information content (AvgIpc) is 2.83. The van der Waals surface area contributed by atoms with Gasteiger partial charge in [0, 0.05) is 19.5 Å². The van der Waals surface area contributed by atoms with Gasteiger partial charge in [-0.25, -0.2) is 0 Å². The van der Waals surface area contributed by atoms with Crippen molar-refractivity contribution in [1.29, 1.82) is 0 Å². The maximum atomic E-state index is 13.6. The molecule has 1 heterocycles. The molecule has 1 N–H and O–H groups in total. The summed E-state index contributed by atoms with van der Waals surface area (Å²) in [5.74, 6) is 1.87. The van der Waals surface area contributed by atoms with Gasteiger partial charge in [-0.2, -0.15) is 0 Å². The van der Waals surface area contributed by atoms with Gasteiger partial charge in [-0.3, -0.25) is 9.59 Å². The van der Waals surface area contributed by atoms with E-state index in [4.69, 9.17) is 0 Å². The number of rotatable bonds is 7. The SMILES string of the molecule is CCC(C)[C@]1(c2ccccc2)CCCC(CC2CCC2)C(C)C(=O)N(CC(=O)NC)CCC1. The van der Waals surface area contributed by atoms with E-state index in [0.29, 0.717) is 18.4 Å². The zero-order valence-electron chi connectivity index (χ0n) is 21.4. The molecule has 2 fully saturated rings. The number of carbonyl (C=O) groups is 2. The highest BCUT2D eigenvalue weighted by molar-refractivity contribution is 5.85. The molecule has 4 heteroatoms. The molecule has 1 aromatic rings. The van der Waals surface area contributed by atoms with Gasteiger partial charge < -0.3 is 10.2 Å². The number of likely N-dealkylation sites (N-methyl/N-ethyl adjacent to an activating group) is 1. The molecule has 0 bridgehead atoms. The second-order valence-corrected chi connectivity index (χ2v) is 10.8. The predicted octanol–water partition coefficient (Wildman–Crippen LogP) is 5.95. The van der Waals surface area contributed by atoms with Crippen molar-refractivity contribution in [2.75, 3.05) is 20.1 Å². The lowest BCUT2D eigenvalue weighted by Crippen LogP contribution is -2.44. The van der Waals surface area contributed by atoms with E-state index in [1.807, 2.05) is 4.90 Å². The molecule has 33 heavy (non-hydrogen) atoms. The molecule has 1 aromatic carbocycles. The third-order valence-electron chi connectivity index (χ3n) is 9.04. The van der Waals surface area contributed by atoms with Crippen LogP contribution in [0.1, 0.15) is 90.5 Å². The molecule has 1 saturated heterocycles. The molecule has 1 aliphatic heterocycles. The normalized spacial score (nSPS) is 28.5. The van der Waals surface area contributed by atoms with E-state index in [1.165, 1.54) is 44.1 Å². The van der Waals surface area contributed by atoms with Gasteiger partial charge in [0.05, 0.1) is 6.54 Å². The third kappa shape index (κ3) is 6.19. The molecule has 2 amide bonds. The van der Waals surface area contributed by atoms with E-state index >= 15 is 0 Å². The molecule has 3 unspecified atom stereocenters. The van der Waals surface area contributed by atoms with Gasteiger partial charge in [0.15, 0.2) is 0 Å². The number of nitrogens with one attached hydrogen (secondary N) is 1. The van der Waals surface area contributed by atoms with Gasteiger partial charge in [0.2, 0.25) is 11.8 Å². The number of hydrogen-bond acceptors (Lipinski definition) is 2. The molecule has 0 radical (unpaired) electrons. The number of nitrogens with zero attached hydrogens (tertiary/aromatic N) is 1. The van der Waals surface area contributed by atoms with Crippen LogP contribution in [-0.2, 0) is 15.0 Å². The summed E-state index contributed by atoms with van der Waals surface area (Å²) in [7, 11) is 1.66. The van der Waals surface area contributed by atoms with Crippen LogP contribution in [0.2, 0.25) is 0 Å². The summed E-state index contributed by atoms with van der Waals surface area (Å²) in [5, 5.41) is 2.72. The number of hydrogen-bond donors (Lipinski definition) is 1. The number of carbonyl (C=O) groups excluding carboxylic acids is 2. The Kier molecular flexibility index (Phi) is 9.40. The first kappa shape index (κ1) is 25.8. The Bertz CT molecular complexity index is 760. The Morgan fingerprint density at radius 2 is 1.82 bits per heavy atom. The minimum absolute atomic E-state index is 0.0110. The van der Waals surface area contributed by atoms with Crippen molar-refractivity contribution < 1.29 is 9.59 Å². The van der Waals surface area contributed by atoms with Crippen molar-refractivity contribution in [2.24, 2.45) is 23.7 Å². The summed E-state index contributed by atoms with van der Waals surface area (Å²) in [4.78, 5) is 27.7. The van der Waals surface area contributed by atoms with Crippen LogP contribution in [0, 0.1) is 23.7 Å². The minimum atomic E-state index is -0.0720. The van der Waals surface area contributed by atoms with E-state index in [2.05, 4.69) is 56.4 Å². The highest BCUT2D eigenvalue weighted by atomic mass is 16.2. The first-order valence-corrected chi connectivity index (χ1v) is 13.5. The molecule has 4 atom stereocenters. The Morgan fingerprint density at radius 1 is 1.12 bits per heavy atom. The van der Waals surface area contributed by atoms with E-state index in [-0.39, 0.29) is 29.7 Å². The van der Waals surface area contributed by atoms with Crippen LogP contribution in [0.4, 0.5) is 0 Å². The van der Waals surface area contributed by atoms with Gasteiger partial charge in [-0.05, 0) is 60.8 Å². The molecular weight excluding hydrogens is 408 g/mol. The Hall–Kier alpha value is -1.84. The molecular formula is C29H46N2O2. The Morgan fingerprint density at radius 3 is 2.42 bits per heavy atom. The van der Waals surface area contributed by atoms with Gasteiger partial charge in [-0.1, -0.05) is 83.2 Å². The summed E-state index contributed by atoms with van der Waals surface area (Å²) < 4.78 is 0. The van der Waals surface area contributed by atoms with Crippen LogP contribution < -0.4 is 5.32 Å². The fraction of sp³-hybridized carbons (Fsp3) is 0.724. The van der Waals surface area contributed by atoms with Gasteiger partial charge in [0.1, 0.15) is 0 Å². The molecule has 2 aliphatic rings. The van der Waals surface area contributed by atoms with Crippen molar-refractivity contribution in [3.63, 3.8) is 0 Å². The van der Waals surface area contributed by atoms with Crippen molar-refractivity contribution in [1.82, 2.24) is 10.2 Å². The average molecular weight is 455 g/mol. The van der Waals surface area contributed by atoms with E-state index in [0.717, 1.165) is 31.6 Å². The fourth-order valence-electron chi connectivity index (χ4n) is 6.35. The third-order valence-corrected chi connectivity index (χ3v) is 9.04. The van der Waals surface area contributed by atoms with Crippen molar-refractivity contribution in [3.05, 3.63) is 35.9 Å². The fourth-order valence-corrected chi connectivity index (χ4v) is 6.35. The number of amides is 2.